The minimum Gasteiger partial charge on any atom is -0.227 e. The molecular weight excluding hydrogens is 361 g/mol. The van der Waals surface area contributed by atoms with Crippen LogP contribution < -0.4 is 3.98 Å². The summed E-state index contributed by atoms with van der Waals surface area (Å²) < 4.78 is 2.39. The van der Waals surface area contributed by atoms with Crippen LogP contribution in [0.3, 0.4) is 0 Å². The lowest BCUT2D eigenvalue weighted by Crippen LogP contribution is -1.87. The van der Waals surface area contributed by atoms with E-state index in [-0.39, 0.29) is 0 Å². The number of aryl methyl sites for hydroxylation is 2. The lowest BCUT2D eigenvalue weighted by molar-refractivity contribution is 0.941. The zero-order chi connectivity index (χ0) is 12.3. The molecule has 0 aliphatic heterocycles. The van der Waals surface area contributed by atoms with Crippen molar-refractivity contribution in [1.29, 1.82) is 0 Å². The Kier molecular flexibility index (Phi) is 4.76. The highest BCUT2D eigenvalue weighted by Gasteiger charge is 1.99. The monoisotopic (exact) mass is 375 g/mol. The van der Waals surface area contributed by atoms with Crippen LogP contribution in [0.4, 0.5) is 5.69 Å². The molecule has 2 aromatic rings. The Hall–Kier alpha value is -0.200. The maximum absolute atomic E-state index is 4.74. The van der Waals surface area contributed by atoms with Gasteiger partial charge in [0.25, 0.3) is 0 Å². The summed E-state index contributed by atoms with van der Waals surface area (Å²) in [6.07, 6.45) is 2.37. The molecule has 1 nitrogen and oxygen atoms in total. The molecule has 1 heterocycles. The largest absolute Gasteiger partial charge is 0.227 e. The van der Waals surface area contributed by atoms with Crippen molar-refractivity contribution in [2.45, 2.75) is 26.7 Å². The Balaban J connectivity index is 2.36. The van der Waals surface area contributed by atoms with Gasteiger partial charge in [-0.3, -0.25) is 0 Å². The van der Waals surface area contributed by atoms with Crippen LogP contribution in [0.15, 0.2) is 28.6 Å². The van der Waals surface area contributed by atoms with Gasteiger partial charge < -0.3 is 0 Å². The maximum Gasteiger partial charge on any atom is 0.171 e. The number of nitrogens with zero attached hydrogens (tertiary/aromatic N) is 1. The standard InChI is InChI=1S/C13H14INS2/c1-3-4-11-8-16-13(17-11)15-12-7-10(14)6-5-9(12)2/h5-8H,3-4H2,1-2H3. The van der Waals surface area contributed by atoms with Crippen molar-refractivity contribution in [3.05, 3.63) is 41.6 Å². The number of halogens is 1. The van der Waals surface area contributed by atoms with Crippen LogP contribution in [0, 0.1) is 10.5 Å². The number of hydrogen-bond donors (Lipinski definition) is 0. The summed E-state index contributed by atoms with van der Waals surface area (Å²) in [5.41, 5.74) is 2.33. The van der Waals surface area contributed by atoms with Crippen LogP contribution in [0.2, 0.25) is 0 Å². The van der Waals surface area contributed by atoms with Crippen molar-refractivity contribution in [3.63, 3.8) is 0 Å². The molecule has 0 radical (unpaired) electrons. The van der Waals surface area contributed by atoms with Crippen LogP contribution in [0.5, 0.6) is 0 Å². The van der Waals surface area contributed by atoms with E-state index in [0.717, 1.165) is 9.67 Å². The van der Waals surface area contributed by atoms with Gasteiger partial charge in [-0.15, -0.1) is 22.7 Å². The second-order valence-electron chi connectivity index (χ2n) is 3.86. The molecule has 0 bridgehead atoms. The molecule has 1 aromatic carbocycles. The Morgan fingerprint density at radius 2 is 2.18 bits per heavy atom. The third kappa shape index (κ3) is 3.63. The Bertz CT molecular complexity index is 569. The minimum atomic E-state index is 1.10. The first-order valence-electron chi connectivity index (χ1n) is 5.57. The van der Waals surface area contributed by atoms with Gasteiger partial charge in [0.15, 0.2) is 3.98 Å². The van der Waals surface area contributed by atoms with Crippen molar-refractivity contribution in [2.75, 3.05) is 0 Å². The number of benzene rings is 1. The van der Waals surface area contributed by atoms with Crippen LogP contribution in [-0.4, -0.2) is 0 Å². The molecule has 0 amide bonds. The fourth-order valence-electron chi connectivity index (χ4n) is 1.48. The predicted octanol–water partition coefficient (Wildman–Crippen LogP) is 4.91. The number of rotatable bonds is 3. The summed E-state index contributed by atoms with van der Waals surface area (Å²) in [4.78, 5) is 6.18. The van der Waals surface area contributed by atoms with Gasteiger partial charge in [-0.1, -0.05) is 19.4 Å². The van der Waals surface area contributed by atoms with Gasteiger partial charge in [-0.05, 0) is 53.6 Å². The summed E-state index contributed by atoms with van der Waals surface area (Å²) in [5.74, 6) is 0. The normalized spacial score (nSPS) is 12.1. The molecule has 17 heavy (non-hydrogen) atoms. The van der Waals surface area contributed by atoms with E-state index in [2.05, 4.69) is 60.0 Å². The molecule has 0 saturated carbocycles. The molecule has 0 unspecified atom stereocenters. The molecule has 2 rings (SSSR count). The average Bonchev–Trinajstić information content (AvgIpc) is 2.72. The lowest BCUT2D eigenvalue weighted by atomic mass is 10.2. The second kappa shape index (κ2) is 6.11. The van der Waals surface area contributed by atoms with Crippen LogP contribution in [0.25, 0.3) is 0 Å². The van der Waals surface area contributed by atoms with Gasteiger partial charge in [0.05, 0.1) is 5.69 Å². The Morgan fingerprint density at radius 1 is 1.35 bits per heavy atom. The lowest BCUT2D eigenvalue weighted by Gasteiger charge is -1.98. The van der Waals surface area contributed by atoms with E-state index in [4.69, 9.17) is 4.99 Å². The zero-order valence-corrected chi connectivity index (χ0v) is 13.7. The highest BCUT2D eigenvalue weighted by molar-refractivity contribution is 14.1. The molecule has 0 N–H and O–H groups in total. The van der Waals surface area contributed by atoms with E-state index in [1.165, 1.54) is 26.9 Å². The summed E-state index contributed by atoms with van der Waals surface area (Å²) >= 11 is 5.89. The van der Waals surface area contributed by atoms with Crippen molar-refractivity contribution in [2.24, 2.45) is 4.99 Å². The smallest absolute Gasteiger partial charge is 0.171 e. The van der Waals surface area contributed by atoms with Gasteiger partial charge in [-0.25, -0.2) is 4.99 Å². The Morgan fingerprint density at radius 3 is 2.94 bits per heavy atom. The summed E-state index contributed by atoms with van der Waals surface area (Å²) in [6.45, 7) is 4.32. The van der Waals surface area contributed by atoms with Gasteiger partial charge in [-0.2, -0.15) is 0 Å². The molecule has 1 aromatic heterocycles. The maximum atomic E-state index is 4.74. The molecule has 90 valence electrons. The van der Waals surface area contributed by atoms with Crippen LogP contribution in [-0.2, 0) is 6.42 Å². The highest BCUT2D eigenvalue weighted by Crippen LogP contribution is 2.21. The minimum absolute atomic E-state index is 1.10. The molecule has 0 aliphatic carbocycles. The van der Waals surface area contributed by atoms with Crippen LogP contribution >= 0.6 is 45.3 Å². The van der Waals surface area contributed by atoms with E-state index in [9.17, 15) is 0 Å². The fraction of sp³-hybridized carbons (Fsp3) is 0.308. The van der Waals surface area contributed by atoms with Gasteiger partial charge >= 0.3 is 0 Å². The number of hydrogen-bond acceptors (Lipinski definition) is 3. The Labute approximate surface area is 123 Å². The molecular formula is C13H14INS2. The van der Waals surface area contributed by atoms with Gasteiger partial charge in [0.1, 0.15) is 0 Å². The third-order valence-electron chi connectivity index (χ3n) is 2.39. The fourth-order valence-corrected chi connectivity index (χ4v) is 4.13. The quantitative estimate of drug-likeness (QED) is 0.677. The van der Waals surface area contributed by atoms with E-state index in [1.807, 2.05) is 11.3 Å². The van der Waals surface area contributed by atoms with Crippen molar-refractivity contribution in [3.8, 4) is 0 Å². The zero-order valence-electron chi connectivity index (χ0n) is 9.87. The molecule has 0 aliphatic rings. The summed E-state index contributed by atoms with van der Waals surface area (Å²) in [7, 11) is 0. The molecule has 0 fully saturated rings. The van der Waals surface area contributed by atoms with E-state index < -0.39 is 0 Å². The topological polar surface area (TPSA) is 12.4 Å². The first kappa shape index (κ1) is 13.2. The van der Waals surface area contributed by atoms with Crippen molar-refractivity contribution >= 4 is 51.0 Å². The highest BCUT2D eigenvalue weighted by atomic mass is 127. The summed E-state index contributed by atoms with van der Waals surface area (Å²) in [6, 6.07) is 6.39. The van der Waals surface area contributed by atoms with E-state index >= 15 is 0 Å². The van der Waals surface area contributed by atoms with Crippen LogP contribution in [0.1, 0.15) is 23.8 Å². The van der Waals surface area contributed by atoms with E-state index in [0.29, 0.717) is 0 Å². The van der Waals surface area contributed by atoms with Gasteiger partial charge in [0.2, 0.25) is 0 Å². The molecule has 4 heteroatoms. The van der Waals surface area contributed by atoms with Crippen molar-refractivity contribution < 1.29 is 0 Å². The first-order valence-corrected chi connectivity index (χ1v) is 8.35. The van der Waals surface area contributed by atoms with Crippen molar-refractivity contribution in [1.82, 2.24) is 0 Å². The second-order valence-corrected chi connectivity index (χ2v) is 7.34. The first-order chi connectivity index (χ1) is 8.19. The predicted molar refractivity (Wildman–Crippen MR) is 85.3 cm³/mol. The molecule has 0 saturated heterocycles. The summed E-state index contributed by atoms with van der Waals surface area (Å²) in [5, 5.41) is 2.23. The average molecular weight is 375 g/mol. The molecule has 0 spiro atoms. The van der Waals surface area contributed by atoms with E-state index in [1.54, 1.807) is 11.3 Å². The third-order valence-corrected chi connectivity index (χ3v) is 5.29. The van der Waals surface area contributed by atoms with Gasteiger partial charge in [0, 0.05) is 13.8 Å². The SMILES string of the molecule is CCCc1csc(=Nc2cc(I)ccc2C)s1. The molecule has 0 atom stereocenters.